The molecule has 6 heteroatoms. The van der Waals surface area contributed by atoms with Crippen LogP contribution in [0.4, 0.5) is 0 Å². The SMILES string of the molecule is CCCCCCCC[N+](C)(CCCCCCCC)CCCCCCCC.CCOS(=O)(=O)O. The topological polar surface area (TPSA) is 63.6 Å². The lowest BCUT2D eigenvalue weighted by Gasteiger charge is -2.35. The Labute approximate surface area is 208 Å². The van der Waals surface area contributed by atoms with Crippen molar-refractivity contribution < 1.29 is 21.6 Å². The van der Waals surface area contributed by atoms with E-state index < -0.39 is 10.4 Å². The van der Waals surface area contributed by atoms with Crippen molar-refractivity contribution in [1.29, 1.82) is 0 Å². The number of hydrogen-bond donors (Lipinski definition) is 1. The Bertz CT molecular complexity index is 442. The minimum absolute atomic E-state index is 0.0289. The van der Waals surface area contributed by atoms with Crippen LogP contribution in [0.2, 0.25) is 0 Å². The first-order valence-corrected chi connectivity index (χ1v) is 15.6. The van der Waals surface area contributed by atoms with Gasteiger partial charge in [-0.05, 0) is 45.4 Å². The highest BCUT2D eigenvalue weighted by Crippen LogP contribution is 2.16. The van der Waals surface area contributed by atoms with Crippen molar-refractivity contribution in [3.05, 3.63) is 0 Å². The minimum atomic E-state index is -4.17. The molecule has 0 bridgehead atoms. The van der Waals surface area contributed by atoms with Gasteiger partial charge in [-0.25, -0.2) is 4.18 Å². The highest BCUT2D eigenvalue weighted by molar-refractivity contribution is 7.80. The molecule has 0 aromatic heterocycles. The molecule has 0 aliphatic carbocycles. The van der Waals surface area contributed by atoms with E-state index in [4.69, 9.17) is 4.55 Å². The third-order valence-corrected chi connectivity index (χ3v) is 6.95. The average molecular weight is 495 g/mol. The Balaban J connectivity index is 0. The lowest BCUT2D eigenvalue weighted by Crippen LogP contribution is -2.46. The lowest BCUT2D eigenvalue weighted by atomic mass is 10.1. The van der Waals surface area contributed by atoms with Crippen LogP contribution in [0.5, 0.6) is 0 Å². The molecule has 0 aliphatic rings. The maximum absolute atomic E-state index is 9.56. The zero-order chi connectivity index (χ0) is 25.3. The molecule has 0 spiro atoms. The van der Waals surface area contributed by atoms with E-state index in [0.29, 0.717) is 0 Å². The van der Waals surface area contributed by atoms with Crippen LogP contribution in [0, 0.1) is 0 Å². The monoisotopic (exact) mass is 494 g/mol. The Morgan fingerprint density at radius 1 is 0.545 bits per heavy atom. The molecule has 0 aromatic rings. The molecule has 0 fully saturated rings. The fourth-order valence-corrected chi connectivity index (χ4v) is 4.60. The standard InChI is InChI=1S/C25H54N.C2H6O4S/c1-5-8-11-14-17-20-23-26(4,24-21-18-15-12-9-6-2)25-22-19-16-13-10-7-3;1-2-6-7(3,4)5/h5-25H2,1-4H3;2H2,1H3,(H,3,4,5)/q+1;. The second kappa shape index (κ2) is 24.9. The van der Waals surface area contributed by atoms with Crippen molar-refractivity contribution in [1.82, 2.24) is 0 Å². The van der Waals surface area contributed by atoms with Gasteiger partial charge < -0.3 is 4.48 Å². The van der Waals surface area contributed by atoms with Gasteiger partial charge in [-0.1, -0.05) is 97.8 Å². The summed E-state index contributed by atoms with van der Waals surface area (Å²) in [5.41, 5.74) is 0. The highest BCUT2D eigenvalue weighted by atomic mass is 32.3. The Morgan fingerprint density at radius 3 is 1.03 bits per heavy atom. The average Bonchev–Trinajstić information content (AvgIpc) is 2.75. The summed E-state index contributed by atoms with van der Waals surface area (Å²) in [6.45, 7) is 12.7. The molecule has 1 N–H and O–H groups in total. The normalized spacial score (nSPS) is 11.9. The lowest BCUT2D eigenvalue weighted by molar-refractivity contribution is -0.910. The number of unbranched alkanes of at least 4 members (excludes halogenated alkanes) is 15. The maximum atomic E-state index is 9.56. The predicted octanol–water partition coefficient (Wildman–Crippen LogP) is 8.34. The Kier molecular flexibility index (Phi) is 26.4. The van der Waals surface area contributed by atoms with E-state index in [-0.39, 0.29) is 6.61 Å². The van der Waals surface area contributed by atoms with Gasteiger partial charge >= 0.3 is 10.4 Å². The van der Waals surface area contributed by atoms with E-state index in [0.717, 1.165) is 0 Å². The molecule has 0 aliphatic heterocycles. The quantitative estimate of drug-likeness (QED) is 0.0880. The zero-order valence-corrected chi connectivity index (χ0v) is 23.9. The van der Waals surface area contributed by atoms with Crippen molar-refractivity contribution in [2.45, 2.75) is 143 Å². The predicted molar refractivity (Wildman–Crippen MR) is 144 cm³/mol. The third kappa shape index (κ3) is 29.8. The van der Waals surface area contributed by atoms with Gasteiger partial charge in [0, 0.05) is 0 Å². The molecule has 0 amide bonds. The minimum Gasteiger partial charge on any atom is -0.326 e. The fourth-order valence-electron chi connectivity index (χ4n) is 4.31. The molecule has 0 heterocycles. The first-order valence-electron chi connectivity index (χ1n) is 14.2. The summed E-state index contributed by atoms with van der Waals surface area (Å²) < 4.78 is 32.0. The van der Waals surface area contributed by atoms with E-state index in [9.17, 15) is 8.42 Å². The smallest absolute Gasteiger partial charge is 0.326 e. The van der Waals surface area contributed by atoms with Crippen LogP contribution in [0.1, 0.15) is 143 Å². The van der Waals surface area contributed by atoms with E-state index >= 15 is 0 Å². The van der Waals surface area contributed by atoms with Gasteiger partial charge in [0.2, 0.25) is 0 Å². The molecule has 5 nitrogen and oxygen atoms in total. The summed E-state index contributed by atoms with van der Waals surface area (Å²) in [5.74, 6) is 0. The van der Waals surface area contributed by atoms with Crippen LogP contribution < -0.4 is 0 Å². The molecule has 202 valence electrons. The van der Waals surface area contributed by atoms with Crippen LogP contribution in [-0.2, 0) is 14.6 Å². The van der Waals surface area contributed by atoms with Gasteiger partial charge in [-0.2, -0.15) is 8.42 Å². The van der Waals surface area contributed by atoms with Crippen molar-refractivity contribution >= 4 is 10.4 Å². The molecule has 0 saturated carbocycles. The van der Waals surface area contributed by atoms with Gasteiger partial charge in [-0.3, -0.25) is 4.55 Å². The summed E-state index contributed by atoms with van der Waals surface area (Å²) in [6.07, 6.45) is 25.9. The number of nitrogens with zero attached hydrogens (tertiary/aromatic N) is 1. The van der Waals surface area contributed by atoms with Gasteiger partial charge in [-0.15, -0.1) is 0 Å². The summed E-state index contributed by atoms with van der Waals surface area (Å²) in [4.78, 5) is 0. The number of quaternary nitrogens is 1. The van der Waals surface area contributed by atoms with Crippen LogP contribution in [0.3, 0.4) is 0 Å². The van der Waals surface area contributed by atoms with Gasteiger partial charge in [0.1, 0.15) is 0 Å². The zero-order valence-electron chi connectivity index (χ0n) is 23.1. The second-order valence-corrected chi connectivity index (χ2v) is 11.0. The van der Waals surface area contributed by atoms with E-state index in [2.05, 4.69) is 32.0 Å². The molecular weight excluding hydrogens is 434 g/mol. The molecule has 33 heavy (non-hydrogen) atoms. The first kappa shape index (κ1) is 35.0. The van der Waals surface area contributed by atoms with Gasteiger partial charge in [0.05, 0.1) is 33.3 Å². The number of rotatable bonds is 23. The largest absolute Gasteiger partial charge is 0.397 e. The maximum Gasteiger partial charge on any atom is 0.397 e. The number of hydrogen-bond acceptors (Lipinski definition) is 3. The van der Waals surface area contributed by atoms with Crippen molar-refractivity contribution in [2.75, 3.05) is 33.3 Å². The van der Waals surface area contributed by atoms with Crippen LogP contribution in [-0.4, -0.2) is 50.7 Å². The molecule has 0 radical (unpaired) electrons. The summed E-state index contributed by atoms with van der Waals surface area (Å²) in [6, 6.07) is 0. The summed E-state index contributed by atoms with van der Waals surface area (Å²) >= 11 is 0. The van der Waals surface area contributed by atoms with E-state index in [1.54, 1.807) is 0 Å². The van der Waals surface area contributed by atoms with Crippen molar-refractivity contribution in [3.63, 3.8) is 0 Å². The summed E-state index contributed by atoms with van der Waals surface area (Å²) in [5, 5.41) is 0. The van der Waals surface area contributed by atoms with Crippen molar-refractivity contribution in [3.8, 4) is 0 Å². The molecule has 0 aromatic carbocycles. The van der Waals surface area contributed by atoms with Gasteiger partial charge in [0.25, 0.3) is 0 Å². The van der Waals surface area contributed by atoms with Crippen LogP contribution in [0.25, 0.3) is 0 Å². The van der Waals surface area contributed by atoms with Crippen LogP contribution >= 0.6 is 0 Å². The summed E-state index contributed by atoms with van der Waals surface area (Å²) in [7, 11) is -1.61. The molecule has 0 rings (SSSR count). The molecule has 0 saturated heterocycles. The fraction of sp³-hybridized carbons (Fsp3) is 1.00. The molecule has 0 atom stereocenters. The first-order chi connectivity index (χ1) is 15.7. The molecular formula is C27H60NO4S+. The second-order valence-electron chi connectivity index (χ2n) is 9.93. The highest BCUT2D eigenvalue weighted by Gasteiger charge is 2.20. The molecule has 0 unspecified atom stereocenters. The Hall–Kier alpha value is -0.170. The van der Waals surface area contributed by atoms with Crippen molar-refractivity contribution in [2.24, 2.45) is 0 Å². The Morgan fingerprint density at radius 2 is 0.818 bits per heavy atom. The third-order valence-electron chi connectivity index (χ3n) is 6.42. The van der Waals surface area contributed by atoms with Crippen LogP contribution in [0.15, 0.2) is 0 Å². The van der Waals surface area contributed by atoms with E-state index in [1.165, 1.54) is 147 Å². The van der Waals surface area contributed by atoms with E-state index in [1.807, 2.05) is 0 Å². The van der Waals surface area contributed by atoms with Gasteiger partial charge in [0.15, 0.2) is 0 Å².